The lowest BCUT2D eigenvalue weighted by Gasteiger charge is -2.20. The van der Waals surface area contributed by atoms with Crippen LogP contribution in [0.4, 0.5) is 4.79 Å². The quantitative estimate of drug-likeness (QED) is 0.728. The molecule has 2 N–H and O–H groups in total. The fourth-order valence-electron chi connectivity index (χ4n) is 2.99. The first-order valence-electron chi connectivity index (χ1n) is 9.69. The lowest BCUT2D eigenvalue weighted by molar-refractivity contribution is -0.154. The first-order valence-corrected chi connectivity index (χ1v) is 9.69. The van der Waals surface area contributed by atoms with Crippen LogP contribution in [0.5, 0.6) is 5.75 Å². The van der Waals surface area contributed by atoms with Gasteiger partial charge >= 0.3 is 12.0 Å². The first kappa shape index (κ1) is 21.7. The normalized spacial score (nSPS) is 15.6. The monoisotopic (exact) mass is 390 g/mol. The number of urea groups is 1. The van der Waals surface area contributed by atoms with Gasteiger partial charge in [0.05, 0.1) is 0 Å². The van der Waals surface area contributed by atoms with Crippen LogP contribution in [0.1, 0.15) is 58.9 Å². The summed E-state index contributed by atoms with van der Waals surface area (Å²) in [6, 6.07) is 7.03. The number of hydrogen-bond acceptors (Lipinski definition) is 5. The van der Waals surface area contributed by atoms with Crippen LogP contribution in [0.25, 0.3) is 0 Å². The Labute approximate surface area is 166 Å². The summed E-state index contributed by atoms with van der Waals surface area (Å²) in [5.74, 6) is -0.810. The second-order valence-corrected chi connectivity index (χ2v) is 8.15. The van der Waals surface area contributed by atoms with Crippen molar-refractivity contribution in [3.63, 3.8) is 0 Å². The maximum absolute atomic E-state index is 12.0. The van der Waals surface area contributed by atoms with E-state index in [1.54, 1.807) is 19.1 Å². The maximum Gasteiger partial charge on any atom is 0.347 e. The van der Waals surface area contributed by atoms with E-state index in [9.17, 15) is 14.4 Å². The van der Waals surface area contributed by atoms with Crippen molar-refractivity contribution in [2.24, 2.45) is 0 Å². The zero-order valence-electron chi connectivity index (χ0n) is 17.0. The van der Waals surface area contributed by atoms with Crippen LogP contribution in [-0.2, 0) is 19.7 Å². The predicted octanol–water partition coefficient (Wildman–Crippen LogP) is 3.06. The van der Waals surface area contributed by atoms with Gasteiger partial charge in [-0.25, -0.2) is 9.59 Å². The second-order valence-electron chi connectivity index (χ2n) is 8.15. The molecule has 1 aliphatic rings. The topological polar surface area (TPSA) is 93.7 Å². The first-order chi connectivity index (χ1) is 13.1. The number of benzene rings is 1. The number of amides is 3. The number of hydrogen-bond donors (Lipinski definition) is 2. The number of nitrogens with one attached hydrogen (secondary N) is 2. The molecule has 2 rings (SSSR count). The van der Waals surface area contributed by atoms with Gasteiger partial charge in [-0.3, -0.25) is 10.1 Å². The van der Waals surface area contributed by atoms with E-state index in [1.165, 1.54) is 0 Å². The van der Waals surface area contributed by atoms with Crippen LogP contribution in [0.2, 0.25) is 0 Å². The van der Waals surface area contributed by atoms with Gasteiger partial charge in [0.2, 0.25) is 0 Å². The average Bonchev–Trinajstić information content (AvgIpc) is 3.12. The van der Waals surface area contributed by atoms with Crippen molar-refractivity contribution in [1.82, 2.24) is 10.6 Å². The van der Waals surface area contributed by atoms with Crippen molar-refractivity contribution >= 4 is 17.9 Å². The number of carbonyl (C=O) groups excluding carboxylic acids is 3. The molecule has 1 aliphatic carbocycles. The van der Waals surface area contributed by atoms with Gasteiger partial charge < -0.3 is 14.8 Å². The summed E-state index contributed by atoms with van der Waals surface area (Å²) >= 11 is 0. The van der Waals surface area contributed by atoms with Crippen molar-refractivity contribution in [1.29, 1.82) is 0 Å². The van der Waals surface area contributed by atoms with Gasteiger partial charge in [-0.2, -0.15) is 0 Å². The zero-order chi connectivity index (χ0) is 20.7. The van der Waals surface area contributed by atoms with Crippen LogP contribution in [0.3, 0.4) is 0 Å². The molecule has 7 nitrogen and oxygen atoms in total. The fraction of sp³-hybridized carbons (Fsp3) is 0.571. The summed E-state index contributed by atoms with van der Waals surface area (Å²) < 4.78 is 10.5. The molecule has 1 aromatic rings. The number of esters is 1. The molecule has 0 heterocycles. The number of imide groups is 1. The summed E-state index contributed by atoms with van der Waals surface area (Å²) in [5.41, 5.74) is 1.18. The number of ether oxygens (including phenoxy) is 2. The molecule has 0 spiro atoms. The average molecular weight is 390 g/mol. The van der Waals surface area contributed by atoms with Crippen molar-refractivity contribution in [2.75, 3.05) is 6.61 Å². The molecular weight excluding hydrogens is 360 g/mol. The Bertz CT molecular complexity index is 688. The molecule has 1 aromatic carbocycles. The highest BCUT2D eigenvalue weighted by atomic mass is 16.6. The minimum absolute atomic E-state index is 0.0283. The molecule has 0 aromatic heterocycles. The smallest absolute Gasteiger partial charge is 0.347 e. The van der Waals surface area contributed by atoms with E-state index >= 15 is 0 Å². The van der Waals surface area contributed by atoms with Crippen LogP contribution in [-0.4, -0.2) is 36.7 Å². The summed E-state index contributed by atoms with van der Waals surface area (Å²) in [5, 5.41) is 4.90. The summed E-state index contributed by atoms with van der Waals surface area (Å²) in [6.45, 7) is 7.35. The summed E-state index contributed by atoms with van der Waals surface area (Å²) in [6.07, 6.45) is 3.12. The zero-order valence-corrected chi connectivity index (χ0v) is 17.0. The van der Waals surface area contributed by atoms with Gasteiger partial charge in [0.1, 0.15) is 5.75 Å². The molecule has 1 atom stereocenters. The molecule has 28 heavy (non-hydrogen) atoms. The van der Waals surface area contributed by atoms with Crippen LogP contribution in [0, 0.1) is 0 Å². The minimum Gasteiger partial charge on any atom is -0.479 e. The standard InChI is InChI=1S/C21H30N2O5/c1-14(28-17-11-9-15(10-12-17)21(2,3)4)19(25)27-13-18(24)23-20(26)22-16-7-5-6-8-16/h9-12,14,16H,5-8,13H2,1-4H3,(H2,22,23,24,26)/t14-/m1/s1. The molecule has 154 valence electrons. The largest absolute Gasteiger partial charge is 0.479 e. The Balaban J connectivity index is 1.72. The molecule has 0 bridgehead atoms. The lowest BCUT2D eigenvalue weighted by Crippen LogP contribution is -2.45. The fourth-order valence-corrected chi connectivity index (χ4v) is 2.99. The highest BCUT2D eigenvalue weighted by Crippen LogP contribution is 2.24. The molecule has 0 aliphatic heterocycles. The molecular formula is C21H30N2O5. The summed E-state index contributed by atoms with van der Waals surface area (Å²) in [4.78, 5) is 35.5. The van der Waals surface area contributed by atoms with E-state index in [-0.39, 0.29) is 11.5 Å². The maximum atomic E-state index is 12.0. The second kappa shape index (κ2) is 9.57. The molecule has 1 saturated carbocycles. The molecule has 0 unspecified atom stereocenters. The van der Waals surface area contributed by atoms with E-state index < -0.39 is 30.6 Å². The van der Waals surface area contributed by atoms with E-state index in [1.807, 2.05) is 12.1 Å². The summed E-state index contributed by atoms with van der Waals surface area (Å²) in [7, 11) is 0. The third-order valence-electron chi connectivity index (χ3n) is 4.65. The van der Waals surface area contributed by atoms with Gasteiger partial charge in [0.15, 0.2) is 12.7 Å². The van der Waals surface area contributed by atoms with Crippen molar-refractivity contribution in [2.45, 2.75) is 70.9 Å². The third-order valence-corrected chi connectivity index (χ3v) is 4.65. The lowest BCUT2D eigenvalue weighted by atomic mass is 9.87. The van der Waals surface area contributed by atoms with Gasteiger partial charge in [0.25, 0.3) is 5.91 Å². The Kier molecular flexibility index (Phi) is 7.43. The molecule has 0 saturated heterocycles. The Morgan fingerprint density at radius 3 is 2.29 bits per heavy atom. The third kappa shape index (κ3) is 6.87. The van der Waals surface area contributed by atoms with Crippen LogP contribution < -0.4 is 15.4 Å². The Hall–Kier alpha value is -2.57. The van der Waals surface area contributed by atoms with Gasteiger partial charge in [-0.15, -0.1) is 0 Å². The Morgan fingerprint density at radius 2 is 1.71 bits per heavy atom. The Morgan fingerprint density at radius 1 is 1.11 bits per heavy atom. The number of rotatable bonds is 6. The SMILES string of the molecule is C[C@@H](Oc1ccc(C(C)(C)C)cc1)C(=O)OCC(=O)NC(=O)NC1CCCC1. The van der Waals surface area contributed by atoms with E-state index in [4.69, 9.17) is 9.47 Å². The van der Waals surface area contributed by atoms with Crippen molar-refractivity contribution < 1.29 is 23.9 Å². The van der Waals surface area contributed by atoms with E-state index in [0.717, 1.165) is 31.2 Å². The molecule has 3 amide bonds. The highest BCUT2D eigenvalue weighted by molar-refractivity contribution is 5.95. The van der Waals surface area contributed by atoms with Crippen molar-refractivity contribution in [3.8, 4) is 5.75 Å². The molecule has 1 fully saturated rings. The van der Waals surface area contributed by atoms with Crippen molar-refractivity contribution in [3.05, 3.63) is 29.8 Å². The van der Waals surface area contributed by atoms with Crippen LogP contribution >= 0.6 is 0 Å². The van der Waals surface area contributed by atoms with Gasteiger partial charge in [-0.1, -0.05) is 45.7 Å². The molecule has 7 heteroatoms. The highest BCUT2D eigenvalue weighted by Gasteiger charge is 2.21. The van der Waals surface area contributed by atoms with E-state index in [2.05, 4.69) is 31.4 Å². The van der Waals surface area contributed by atoms with Gasteiger partial charge in [-0.05, 0) is 42.9 Å². The molecule has 0 radical (unpaired) electrons. The van der Waals surface area contributed by atoms with E-state index in [0.29, 0.717) is 5.75 Å². The van der Waals surface area contributed by atoms with Gasteiger partial charge in [0, 0.05) is 6.04 Å². The number of carbonyl (C=O) groups is 3. The minimum atomic E-state index is -0.874. The predicted molar refractivity (Wildman–Crippen MR) is 105 cm³/mol. The van der Waals surface area contributed by atoms with Crippen LogP contribution in [0.15, 0.2) is 24.3 Å².